The van der Waals surface area contributed by atoms with Crippen molar-refractivity contribution >= 4 is 16.9 Å². The van der Waals surface area contributed by atoms with E-state index in [0.29, 0.717) is 17.6 Å². The van der Waals surface area contributed by atoms with Crippen molar-refractivity contribution in [3.05, 3.63) is 70.9 Å². The highest BCUT2D eigenvalue weighted by molar-refractivity contribution is 5.77. The molecule has 0 radical (unpaired) electrons. The van der Waals surface area contributed by atoms with E-state index >= 15 is 0 Å². The van der Waals surface area contributed by atoms with Crippen LogP contribution in [0, 0.1) is 6.92 Å². The van der Waals surface area contributed by atoms with Crippen LogP contribution >= 0.6 is 0 Å². The molecule has 0 spiro atoms. The van der Waals surface area contributed by atoms with Crippen molar-refractivity contribution in [1.29, 1.82) is 0 Å². The first-order valence-corrected chi connectivity index (χ1v) is 9.82. The average molecular weight is 401 g/mol. The van der Waals surface area contributed by atoms with Gasteiger partial charge in [-0.2, -0.15) is 0 Å². The highest BCUT2D eigenvalue weighted by atomic mass is 16.1. The zero-order valence-electron chi connectivity index (χ0n) is 17.2. The van der Waals surface area contributed by atoms with Crippen LogP contribution in [0.5, 0.6) is 0 Å². The molecular formula is C22H23N7O. The van der Waals surface area contributed by atoms with Crippen molar-refractivity contribution in [2.24, 2.45) is 0 Å². The molecule has 152 valence electrons. The first-order chi connectivity index (χ1) is 14.5. The van der Waals surface area contributed by atoms with E-state index in [1.54, 1.807) is 12.5 Å². The van der Waals surface area contributed by atoms with Crippen LogP contribution in [-0.4, -0.2) is 36.4 Å². The Morgan fingerprint density at radius 2 is 1.93 bits per heavy atom. The molecule has 4 heterocycles. The minimum atomic E-state index is -0.279. The largest absolute Gasteiger partial charge is 0.369 e. The molecule has 4 aromatic heterocycles. The minimum absolute atomic E-state index is 0.236. The predicted octanol–water partition coefficient (Wildman–Crippen LogP) is 3.26. The van der Waals surface area contributed by atoms with Gasteiger partial charge in [-0.3, -0.25) is 9.78 Å². The summed E-state index contributed by atoms with van der Waals surface area (Å²) in [6, 6.07) is 7.80. The van der Waals surface area contributed by atoms with E-state index in [2.05, 4.69) is 49.1 Å². The van der Waals surface area contributed by atoms with E-state index in [1.165, 1.54) is 6.33 Å². The van der Waals surface area contributed by atoms with E-state index in [9.17, 15) is 4.79 Å². The standard InChI is InChI=1S/C22H23N7O/c1-4-22(3,16-7-8-23-20-19(16)28-13-29-21(20)30)11-25-18-9-17(26-12-27-18)15-6-5-14(2)24-10-15/h5-10,12-13H,4,11H2,1-3H3,(H,25,26,27)(H,28,29,30). The van der Waals surface area contributed by atoms with Gasteiger partial charge in [0.1, 0.15) is 12.1 Å². The molecule has 0 saturated heterocycles. The van der Waals surface area contributed by atoms with Gasteiger partial charge in [-0.25, -0.2) is 19.9 Å². The van der Waals surface area contributed by atoms with Gasteiger partial charge in [-0.1, -0.05) is 13.8 Å². The number of fused-ring (bicyclic) bond motifs is 1. The lowest BCUT2D eigenvalue weighted by Crippen LogP contribution is -2.31. The number of aromatic amines is 1. The maximum absolute atomic E-state index is 12.1. The summed E-state index contributed by atoms with van der Waals surface area (Å²) in [5.74, 6) is 0.726. The summed E-state index contributed by atoms with van der Waals surface area (Å²) in [4.78, 5) is 36.4. The molecule has 0 aliphatic carbocycles. The van der Waals surface area contributed by atoms with Crippen LogP contribution in [0.15, 0.2) is 54.1 Å². The Morgan fingerprint density at radius 1 is 1.07 bits per heavy atom. The lowest BCUT2D eigenvalue weighted by Gasteiger charge is -2.30. The van der Waals surface area contributed by atoms with Crippen LogP contribution in [0.4, 0.5) is 5.82 Å². The molecule has 0 aromatic carbocycles. The number of aryl methyl sites for hydroxylation is 1. The van der Waals surface area contributed by atoms with Crippen molar-refractivity contribution in [3.8, 4) is 11.3 Å². The molecule has 30 heavy (non-hydrogen) atoms. The molecule has 0 amide bonds. The van der Waals surface area contributed by atoms with Crippen LogP contribution in [0.25, 0.3) is 22.3 Å². The van der Waals surface area contributed by atoms with Crippen LogP contribution in [0.3, 0.4) is 0 Å². The second kappa shape index (κ2) is 7.98. The van der Waals surface area contributed by atoms with Crippen molar-refractivity contribution in [3.63, 3.8) is 0 Å². The molecule has 2 N–H and O–H groups in total. The number of pyridine rings is 2. The maximum atomic E-state index is 12.1. The Labute approximate surface area is 173 Å². The van der Waals surface area contributed by atoms with Gasteiger partial charge in [0.05, 0.1) is 17.5 Å². The molecule has 1 unspecified atom stereocenters. The third-order valence-corrected chi connectivity index (χ3v) is 5.49. The number of H-pyrrole nitrogens is 1. The van der Waals surface area contributed by atoms with E-state index in [1.807, 2.05) is 37.4 Å². The van der Waals surface area contributed by atoms with Crippen molar-refractivity contribution in [2.75, 3.05) is 11.9 Å². The molecule has 0 saturated carbocycles. The number of rotatable bonds is 6. The van der Waals surface area contributed by atoms with E-state index in [0.717, 1.165) is 34.8 Å². The van der Waals surface area contributed by atoms with Crippen LogP contribution in [-0.2, 0) is 5.41 Å². The third kappa shape index (κ3) is 3.76. The van der Waals surface area contributed by atoms with Gasteiger partial charge < -0.3 is 10.3 Å². The van der Waals surface area contributed by atoms with Gasteiger partial charge in [0.15, 0.2) is 5.52 Å². The SMILES string of the molecule is CCC(C)(CNc1cc(-c2ccc(C)nc2)ncn1)c1ccnc2c(=O)[nH]cnc12. The molecule has 8 nitrogen and oxygen atoms in total. The first-order valence-electron chi connectivity index (χ1n) is 9.82. The number of hydrogen-bond donors (Lipinski definition) is 2. The first kappa shape index (κ1) is 19.6. The summed E-state index contributed by atoms with van der Waals surface area (Å²) in [5.41, 5.74) is 4.15. The molecule has 4 aromatic rings. The minimum Gasteiger partial charge on any atom is -0.369 e. The fourth-order valence-corrected chi connectivity index (χ4v) is 3.39. The van der Waals surface area contributed by atoms with Gasteiger partial charge in [-0.15, -0.1) is 0 Å². The summed E-state index contributed by atoms with van der Waals surface area (Å²) >= 11 is 0. The van der Waals surface area contributed by atoms with Crippen LogP contribution in [0.2, 0.25) is 0 Å². The zero-order chi connectivity index (χ0) is 21.1. The number of anilines is 1. The maximum Gasteiger partial charge on any atom is 0.277 e. The smallest absolute Gasteiger partial charge is 0.277 e. The Bertz CT molecular complexity index is 1240. The van der Waals surface area contributed by atoms with E-state index in [4.69, 9.17) is 0 Å². The van der Waals surface area contributed by atoms with Gasteiger partial charge in [0.25, 0.3) is 5.56 Å². The fraction of sp³-hybridized carbons (Fsp3) is 0.273. The number of nitrogens with zero attached hydrogens (tertiary/aromatic N) is 5. The second-order valence-corrected chi connectivity index (χ2v) is 7.53. The Balaban J connectivity index is 1.62. The second-order valence-electron chi connectivity index (χ2n) is 7.53. The summed E-state index contributed by atoms with van der Waals surface area (Å²) in [7, 11) is 0. The molecule has 0 aliphatic heterocycles. The summed E-state index contributed by atoms with van der Waals surface area (Å²) in [6.45, 7) is 6.82. The van der Waals surface area contributed by atoms with Crippen LogP contribution < -0.4 is 10.9 Å². The summed E-state index contributed by atoms with van der Waals surface area (Å²) in [5, 5.41) is 3.43. The van der Waals surface area contributed by atoms with Crippen LogP contribution in [0.1, 0.15) is 31.5 Å². The summed E-state index contributed by atoms with van der Waals surface area (Å²) < 4.78 is 0. The number of hydrogen-bond acceptors (Lipinski definition) is 7. The number of aromatic nitrogens is 6. The van der Waals surface area contributed by atoms with Crippen molar-refractivity contribution in [1.82, 2.24) is 29.9 Å². The fourth-order valence-electron chi connectivity index (χ4n) is 3.39. The predicted molar refractivity (Wildman–Crippen MR) is 116 cm³/mol. The Morgan fingerprint density at radius 3 is 2.70 bits per heavy atom. The average Bonchev–Trinajstić information content (AvgIpc) is 2.78. The van der Waals surface area contributed by atoms with Crippen molar-refractivity contribution in [2.45, 2.75) is 32.6 Å². The molecule has 0 aliphatic rings. The van der Waals surface area contributed by atoms with Gasteiger partial charge in [-0.05, 0) is 37.1 Å². The molecule has 0 bridgehead atoms. The highest BCUT2D eigenvalue weighted by Gasteiger charge is 2.28. The number of nitrogens with one attached hydrogen (secondary N) is 2. The van der Waals surface area contributed by atoms with Gasteiger partial charge >= 0.3 is 0 Å². The third-order valence-electron chi connectivity index (χ3n) is 5.49. The van der Waals surface area contributed by atoms with E-state index in [-0.39, 0.29) is 11.0 Å². The zero-order valence-corrected chi connectivity index (χ0v) is 17.2. The topological polar surface area (TPSA) is 109 Å². The highest BCUT2D eigenvalue weighted by Crippen LogP contribution is 2.31. The van der Waals surface area contributed by atoms with Gasteiger partial charge in [0, 0.05) is 41.7 Å². The normalized spacial score (nSPS) is 13.2. The molecule has 1 atom stereocenters. The molecular weight excluding hydrogens is 378 g/mol. The molecule has 8 heteroatoms. The van der Waals surface area contributed by atoms with Gasteiger partial charge in [0.2, 0.25) is 0 Å². The van der Waals surface area contributed by atoms with E-state index < -0.39 is 0 Å². The lowest BCUT2D eigenvalue weighted by atomic mass is 9.79. The Hall–Kier alpha value is -3.68. The monoisotopic (exact) mass is 401 g/mol. The lowest BCUT2D eigenvalue weighted by molar-refractivity contribution is 0.483. The Kier molecular flexibility index (Phi) is 5.22. The molecule has 0 fully saturated rings. The quantitative estimate of drug-likeness (QED) is 0.510. The molecule has 4 rings (SSSR count). The van der Waals surface area contributed by atoms with Crippen molar-refractivity contribution < 1.29 is 0 Å². The summed E-state index contributed by atoms with van der Waals surface area (Å²) in [6.07, 6.45) is 7.28.